The van der Waals surface area contributed by atoms with Crippen molar-refractivity contribution in [3.8, 4) is 0 Å². The summed E-state index contributed by atoms with van der Waals surface area (Å²) in [5.41, 5.74) is 0. The molecule has 4 heteroatoms. The first-order valence-electron chi connectivity index (χ1n) is 12.7. The van der Waals surface area contributed by atoms with E-state index in [9.17, 15) is 4.79 Å². The second-order valence-electron chi connectivity index (χ2n) is 9.33. The second kappa shape index (κ2) is 17.1. The van der Waals surface area contributed by atoms with Crippen molar-refractivity contribution >= 4 is 5.97 Å². The Morgan fingerprint density at radius 3 is 2.03 bits per heavy atom. The number of likely N-dealkylation sites (N-methyl/N-ethyl adjacent to an activating group) is 1. The lowest BCUT2D eigenvalue weighted by molar-refractivity contribution is -0.906. The molecule has 0 atom stereocenters. The summed E-state index contributed by atoms with van der Waals surface area (Å²) in [6, 6.07) is 0. The van der Waals surface area contributed by atoms with Crippen LogP contribution in [0.1, 0.15) is 104 Å². The van der Waals surface area contributed by atoms with Gasteiger partial charge in [-0.15, -0.1) is 0 Å². The molecule has 0 heterocycles. The monoisotopic (exact) mass is 412 g/mol. The van der Waals surface area contributed by atoms with Gasteiger partial charge in [0.05, 0.1) is 33.4 Å². The van der Waals surface area contributed by atoms with Crippen molar-refractivity contribution < 1.29 is 18.8 Å². The fourth-order valence-corrected chi connectivity index (χ4v) is 4.28. The number of nitrogens with zero attached hydrogens (tertiary/aromatic N) is 1. The number of hydrogen-bond acceptors (Lipinski definition) is 3. The fourth-order valence-electron chi connectivity index (χ4n) is 4.28. The molecular weight excluding hydrogens is 362 g/mol. The molecule has 1 saturated carbocycles. The van der Waals surface area contributed by atoms with E-state index in [2.05, 4.69) is 20.9 Å². The molecular formula is C25H50NO3+. The normalized spacial score (nSPS) is 15.1. The van der Waals surface area contributed by atoms with Crippen molar-refractivity contribution in [1.29, 1.82) is 0 Å². The molecule has 0 radical (unpaired) electrons. The second-order valence-corrected chi connectivity index (χ2v) is 9.33. The summed E-state index contributed by atoms with van der Waals surface area (Å²) in [6.07, 6.45) is 18.3. The van der Waals surface area contributed by atoms with Crippen LogP contribution in [-0.2, 0) is 14.3 Å². The molecule has 0 amide bonds. The maximum atomic E-state index is 11.8. The highest BCUT2D eigenvalue weighted by molar-refractivity contribution is 5.69. The molecule has 0 N–H and O–H groups in total. The van der Waals surface area contributed by atoms with Crippen LogP contribution < -0.4 is 0 Å². The van der Waals surface area contributed by atoms with E-state index >= 15 is 0 Å². The Hall–Kier alpha value is -0.610. The standard InChI is InChI=1S/C25H50NO3/c1-4-26(3,5-2)20-21-28-22-23-29-25(27)19-13-11-9-7-6-8-10-12-16-24-17-14-15-18-24/h24H,4-23H2,1-3H3/q+1. The Kier molecular flexibility index (Phi) is 15.6. The molecule has 29 heavy (non-hydrogen) atoms. The molecule has 0 aromatic rings. The van der Waals surface area contributed by atoms with Crippen LogP contribution in [-0.4, -0.2) is 57.0 Å². The van der Waals surface area contributed by atoms with Crippen LogP contribution in [0.5, 0.6) is 0 Å². The summed E-state index contributed by atoms with van der Waals surface area (Å²) in [4.78, 5) is 11.8. The Bertz CT molecular complexity index is 390. The van der Waals surface area contributed by atoms with E-state index in [1.807, 2.05) is 0 Å². The summed E-state index contributed by atoms with van der Waals surface area (Å²) < 4.78 is 11.9. The molecule has 4 nitrogen and oxygen atoms in total. The molecule has 0 aromatic carbocycles. The van der Waals surface area contributed by atoms with Gasteiger partial charge in [-0.05, 0) is 26.2 Å². The molecule has 0 bridgehead atoms. The van der Waals surface area contributed by atoms with E-state index in [0.29, 0.717) is 19.6 Å². The summed E-state index contributed by atoms with van der Waals surface area (Å²) in [7, 11) is 2.25. The van der Waals surface area contributed by atoms with Crippen LogP contribution >= 0.6 is 0 Å². The zero-order chi connectivity index (χ0) is 21.2. The van der Waals surface area contributed by atoms with Crippen molar-refractivity contribution in [2.75, 3.05) is 46.5 Å². The van der Waals surface area contributed by atoms with E-state index < -0.39 is 0 Å². The van der Waals surface area contributed by atoms with Gasteiger partial charge in [0.1, 0.15) is 13.2 Å². The third-order valence-electron chi connectivity index (χ3n) is 7.01. The lowest BCUT2D eigenvalue weighted by atomic mass is 9.99. The number of ether oxygens (including phenoxy) is 2. The van der Waals surface area contributed by atoms with Crippen LogP contribution in [0.25, 0.3) is 0 Å². The minimum absolute atomic E-state index is 0.0664. The number of carbonyl (C=O) groups excluding carboxylic acids is 1. The van der Waals surface area contributed by atoms with Gasteiger partial charge in [-0.1, -0.05) is 77.0 Å². The molecule has 0 saturated heterocycles. The first kappa shape index (κ1) is 26.4. The Morgan fingerprint density at radius 2 is 1.41 bits per heavy atom. The summed E-state index contributed by atoms with van der Waals surface area (Å²) >= 11 is 0. The predicted octanol–water partition coefficient (Wildman–Crippen LogP) is 6.12. The van der Waals surface area contributed by atoms with Gasteiger partial charge >= 0.3 is 5.97 Å². The zero-order valence-corrected chi connectivity index (χ0v) is 19.9. The highest BCUT2D eigenvalue weighted by Crippen LogP contribution is 2.29. The minimum Gasteiger partial charge on any atom is -0.463 e. The highest BCUT2D eigenvalue weighted by Gasteiger charge is 2.15. The van der Waals surface area contributed by atoms with E-state index in [4.69, 9.17) is 9.47 Å². The number of esters is 1. The molecule has 0 aliphatic heterocycles. The SMILES string of the molecule is CC[N+](C)(CC)CCOCCOC(=O)CCCCCCCCCCC1CCCC1. The lowest BCUT2D eigenvalue weighted by Gasteiger charge is -2.31. The van der Waals surface area contributed by atoms with Crippen molar-refractivity contribution in [3.63, 3.8) is 0 Å². The van der Waals surface area contributed by atoms with Crippen molar-refractivity contribution in [2.24, 2.45) is 5.92 Å². The number of rotatable bonds is 19. The number of carbonyl (C=O) groups is 1. The third-order valence-corrected chi connectivity index (χ3v) is 7.01. The van der Waals surface area contributed by atoms with Gasteiger partial charge in [-0.25, -0.2) is 0 Å². The first-order valence-corrected chi connectivity index (χ1v) is 12.7. The topological polar surface area (TPSA) is 35.5 Å². The number of hydrogen-bond donors (Lipinski definition) is 0. The zero-order valence-electron chi connectivity index (χ0n) is 19.9. The summed E-state index contributed by atoms with van der Waals surface area (Å²) in [6.45, 7) is 9.32. The number of quaternary nitrogens is 1. The van der Waals surface area contributed by atoms with Gasteiger partial charge < -0.3 is 14.0 Å². The molecule has 172 valence electrons. The maximum absolute atomic E-state index is 11.8. The molecule has 0 unspecified atom stereocenters. The van der Waals surface area contributed by atoms with Crippen LogP contribution in [0.4, 0.5) is 0 Å². The van der Waals surface area contributed by atoms with Gasteiger partial charge in [-0.3, -0.25) is 4.79 Å². The average molecular weight is 413 g/mol. The molecule has 1 aliphatic rings. The van der Waals surface area contributed by atoms with Crippen LogP contribution in [0.15, 0.2) is 0 Å². The molecule has 1 aliphatic carbocycles. The maximum Gasteiger partial charge on any atom is 0.305 e. The van der Waals surface area contributed by atoms with Gasteiger partial charge in [0, 0.05) is 6.42 Å². The van der Waals surface area contributed by atoms with Gasteiger partial charge in [0.25, 0.3) is 0 Å². The van der Waals surface area contributed by atoms with Crippen molar-refractivity contribution in [1.82, 2.24) is 0 Å². The van der Waals surface area contributed by atoms with Crippen LogP contribution in [0.2, 0.25) is 0 Å². The minimum atomic E-state index is -0.0664. The van der Waals surface area contributed by atoms with E-state index in [1.54, 1.807) is 0 Å². The van der Waals surface area contributed by atoms with Gasteiger partial charge in [0.15, 0.2) is 0 Å². The van der Waals surface area contributed by atoms with E-state index in [1.165, 1.54) is 70.6 Å². The van der Waals surface area contributed by atoms with Gasteiger partial charge in [-0.2, -0.15) is 0 Å². The lowest BCUT2D eigenvalue weighted by Crippen LogP contribution is -2.45. The largest absolute Gasteiger partial charge is 0.463 e. The summed E-state index contributed by atoms with van der Waals surface area (Å²) in [5.74, 6) is 0.988. The smallest absolute Gasteiger partial charge is 0.305 e. The quantitative estimate of drug-likeness (QED) is 0.146. The summed E-state index contributed by atoms with van der Waals surface area (Å²) in [5, 5.41) is 0. The Balaban J connectivity index is 1.78. The van der Waals surface area contributed by atoms with Crippen LogP contribution in [0, 0.1) is 5.92 Å². The average Bonchev–Trinajstić information content (AvgIpc) is 3.25. The van der Waals surface area contributed by atoms with Crippen molar-refractivity contribution in [3.05, 3.63) is 0 Å². The first-order chi connectivity index (χ1) is 14.1. The molecule has 1 rings (SSSR count). The fraction of sp³-hybridized carbons (Fsp3) is 0.960. The predicted molar refractivity (Wildman–Crippen MR) is 122 cm³/mol. The molecule has 0 aromatic heterocycles. The van der Waals surface area contributed by atoms with E-state index in [0.717, 1.165) is 49.5 Å². The highest BCUT2D eigenvalue weighted by atomic mass is 16.6. The van der Waals surface area contributed by atoms with Gasteiger partial charge in [0.2, 0.25) is 0 Å². The van der Waals surface area contributed by atoms with Crippen LogP contribution in [0.3, 0.4) is 0 Å². The molecule has 0 spiro atoms. The number of unbranched alkanes of at least 4 members (excludes halogenated alkanes) is 7. The van der Waals surface area contributed by atoms with Crippen molar-refractivity contribution in [2.45, 2.75) is 104 Å². The Morgan fingerprint density at radius 1 is 0.828 bits per heavy atom. The third kappa shape index (κ3) is 14.1. The Labute approximate surface area is 181 Å². The molecule has 1 fully saturated rings. The van der Waals surface area contributed by atoms with E-state index in [-0.39, 0.29) is 5.97 Å².